The van der Waals surface area contributed by atoms with E-state index in [0.29, 0.717) is 16.5 Å². The van der Waals surface area contributed by atoms with Crippen molar-refractivity contribution in [2.75, 3.05) is 13.7 Å². The second-order valence-electron chi connectivity index (χ2n) is 5.21. The first-order valence-corrected chi connectivity index (χ1v) is 8.00. The van der Waals surface area contributed by atoms with Gasteiger partial charge >= 0.3 is 0 Å². The second kappa shape index (κ2) is 5.71. The molecule has 1 unspecified atom stereocenters. The van der Waals surface area contributed by atoms with Crippen LogP contribution in [0, 0.1) is 5.82 Å². The number of alkyl halides is 1. The Morgan fingerprint density at radius 3 is 2.95 bits per heavy atom. The van der Waals surface area contributed by atoms with Crippen molar-refractivity contribution < 1.29 is 9.13 Å². The van der Waals surface area contributed by atoms with E-state index in [1.807, 2.05) is 4.57 Å². The van der Waals surface area contributed by atoms with Gasteiger partial charge in [-0.25, -0.2) is 4.39 Å². The molecule has 0 bridgehead atoms. The van der Waals surface area contributed by atoms with Crippen molar-refractivity contribution in [2.24, 2.45) is 0 Å². The van der Waals surface area contributed by atoms with Crippen LogP contribution in [0.2, 0.25) is 0 Å². The number of hydrogen-bond acceptors (Lipinski definition) is 2. The fourth-order valence-corrected chi connectivity index (χ4v) is 4.11. The summed E-state index contributed by atoms with van der Waals surface area (Å²) in [5.41, 5.74) is 2.15. The quantitative estimate of drug-likeness (QED) is 0.766. The van der Waals surface area contributed by atoms with Gasteiger partial charge in [-0.05, 0) is 40.0 Å². The summed E-state index contributed by atoms with van der Waals surface area (Å²) in [5.74, 6) is -0.0658. The lowest BCUT2D eigenvalue weighted by Crippen LogP contribution is -2.24. The predicted octanol–water partition coefficient (Wildman–Crippen LogP) is 3.78. The fourth-order valence-electron chi connectivity index (χ4n) is 3.10. The second-order valence-corrected chi connectivity index (χ2v) is 6.27. The standard InChI is InChI=1S/C15H14BrClFNO2/c1-21-7-8-2-3-19-12(6-17)13(16)15(20)11-5-9(18)4-10(8)14(11)19/h4-5,8H,2-3,6-7H2,1H3. The van der Waals surface area contributed by atoms with Crippen LogP contribution >= 0.6 is 27.5 Å². The zero-order chi connectivity index (χ0) is 15.1. The maximum atomic E-state index is 13.9. The van der Waals surface area contributed by atoms with Crippen molar-refractivity contribution in [2.45, 2.75) is 24.8 Å². The van der Waals surface area contributed by atoms with Crippen molar-refractivity contribution in [1.29, 1.82) is 0 Å². The molecule has 0 aliphatic carbocycles. The molecule has 21 heavy (non-hydrogen) atoms. The van der Waals surface area contributed by atoms with Gasteiger partial charge in [-0.3, -0.25) is 4.79 Å². The Morgan fingerprint density at radius 1 is 1.52 bits per heavy atom. The zero-order valence-electron chi connectivity index (χ0n) is 11.5. The highest BCUT2D eigenvalue weighted by Crippen LogP contribution is 2.35. The number of rotatable bonds is 3. The fraction of sp³-hybridized carbons (Fsp3) is 0.400. The molecule has 6 heteroatoms. The maximum absolute atomic E-state index is 13.9. The van der Waals surface area contributed by atoms with E-state index in [1.54, 1.807) is 7.11 Å². The Balaban J connectivity index is 2.43. The average molecular weight is 375 g/mol. The first kappa shape index (κ1) is 15.0. The van der Waals surface area contributed by atoms with E-state index in [4.69, 9.17) is 16.3 Å². The van der Waals surface area contributed by atoms with Crippen LogP contribution in [0.4, 0.5) is 4.39 Å². The lowest BCUT2D eigenvalue weighted by molar-refractivity contribution is 0.172. The molecular formula is C15H14BrClFNO2. The van der Waals surface area contributed by atoms with Gasteiger partial charge in [-0.2, -0.15) is 0 Å². The van der Waals surface area contributed by atoms with E-state index in [-0.39, 0.29) is 17.2 Å². The molecule has 1 atom stereocenters. The van der Waals surface area contributed by atoms with Gasteiger partial charge in [-0.1, -0.05) is 0 Å². The third-order valence-corrected chi connectivity index (χ3v) is 5.10. The average Bonchev–Trinajstić information content (AvgIpc) is 2.47. The van der Waals surface area contributed by atoms with E-state index in [9.17, 15) is 9.18 Å². The molecule has 0 saturated heterocycles. The van der Waals surface area contributed by atoms with E-state index < -0.39 is 5.82 Å². The first-order chi connectivity index (χ1) is 10.1. The van der Waals surface area contributed by atoms with Crippen LogP contribution in [0.5, 0.6) is 0 Å². The third kappa shape index (κ3) is 2.31. The van der Waals surface area contributed by atoms with Crippen LogP contribution in [-0.4, -0.2) is 18.3 Å². The summed E-state index contributed by atoms with van der Waals surface area (Å²) in [6, 6.07) is 2.81. The Labute approximate surface area is 134 Å². The van der Waals surface area contributed by atoms with Crippen molar-refractivity contribution in [3.63, 3.8) is 0 Å². The van der Waals surface area contributed by atoms with Crippen molar-refractivity contribution in [3.05, 3.63) is 43.9 Å². The molecule has 0 fully saturated rings. The van der Waals surface area contributed by atoms with Crippen LogP contribution in [0.25, 0.3) is 10.9 Å². The number of aromatic nitrogens is 1. The number of methoxy groups -OCH3 is 1. The van der Waals surface area contributed by atoms with Crippen LogP contribution in [0.1, 0.15) is 23.6 Å². The lowest BCUT2D eigenvalue weighted by Gasteiger charge is -2.29. The minimum atomic E-state index is -0.394. The minimum Gasteiger partial charge on any atom is -0.384 e. The van der Waals surface area contributed by atoms with Gasteiger partial charge in [0.05, 0.1) is 33.6 Å². The molecule has 0 saturated carbocycles. The topological polar surface area (TPSA) is 31.2 Å². The number of hydrogen-bond donors (Lipinski definition) is 0. The normalized spacial score (nSPS) is 17.4. The summed E-state index contributed by atoms with van der Waals surface area (Å²) >= 11 is 9.31. The Morgan fingerprint density at radius 2 is 2.29 bits per heavy atom. The highest BCUT2D eigenvalue weighted by molar-refractivity contribution is 9.10. The molecule has 112 valence electrons. The number of pyridine rings is 1. The van der Waals surface area contributed by atoms with E-state index in [2.05, 4.69) is 15.9 Å². The van der Waals surface area contributed by atoms with Crippen molar-refractivity contribution in [3.8, 4) is 0 Å². The molecule has 1 aromatic carbocycles. The highest BCUT2D eigenvalue weighted by atomic mass is 79.9. The predicted molar refractivity (Wildman–Crippen MR) is 84.7 cm³/mol. The summed E-state index contributed by atoms with van der Waals surface area (Å²) in [6.45, 7) is 1.25. The van der Waals surface area contributed by atoms with E-state index in [0.717, 1.165) is 29.7 Å². The summed E-state index contributed by atoms with van der Waals surface area (Å²) in [6.07, 6.45) is 0.832. The lowest BCUT2D eigenvalue weighted by atomic mass is 9.90. The number of ether oxygens (including phenoxy) is 1. The summed E-state index contributed by atoms with van der Waals surface area (Å²) in [4.78, 5) is 12.5. The molecule has 3 rings (SSSR count). The molecule has 1 aliphatic rings. The largest absolute Gasteiger partial charge is 0.384 e. The van der Waals surface area contributed by atoms with Gasteiger partial charge < -0.3 is 9.30 Å². The number of aryl methyl sites for hydroxylation is 1. The first-order valence-electron chi connectivity index (χ1n) is 6.67. The van der Waals surface area contributed by atoms with Crippen LogP contribution in [0.3, 0.4) is 0 Å². The molecule has 2 aromatic rings. The van der Waals surface area contributed by atoms with Gasteiger partial charge in [0.15, 0.2) is 0 Å². The molecule has 1 aromatic heterocycles. The monoisotopic (exact) mass is 373 g/mol. The Bertz CT molecular complexity index is 775. The van der Waals surface area contributed by atoms with E-state index in [1.165, 1.54) is 12.1 Å². The molecular weight excluding hydrogens is 361 g/mol. The highest BCUT2D eigenvalue weighted by Gasteiger charge is 2.26. The molecule has 0 radical (unpaired) electrons. The third-order valence-electron chi connectivity index (χ3n) is 4.03. The molecule has 0 amide bonds. The summed E-state index contributed by atoms with van der Waals surface area (Å²) < 4.78 is 21.6. The summed E-state index contributed by atoms with van der Waals surface area (Å²) in [7, 11) is 1.63. The van der Waals surface area contributed by atoms with Gasteiger partial charge in [0.1, 0.15) is 5.82 Å². The van der Waals surface area contributed by atoms with Crippen LogP contribution < -0.4 is 5.43 Å². The zero-order valence-corrected chi connectivity index (χ0v) is 13.8. The number of halogens is 3. The van der Waals surface area contributed by atoms with Gasteiger partial charge in [0, 0.05) is 19.6 Å². The van der Waals surface area contributed by atoms with Gasteiger partial charge in [0.2, 0.25) is 5.43 Å². The number of benzene rings is 1. The molecule has 3 nitrogen and oxygen atoms in total. The van der Waals surface area contributed by atoms with Crippen molar-refractivity contribution in [1.82, 2.24) is 4.57 Å². The number of nitrogens with zero attached hydrogens (tertiary/aromatic N) is 1. The van der Waals surface area contributed by atoms with Crippen LogP contribution in [0.15, 0.2) is 21.4 Å². The SMILES string of the molecule is COCC1CCn2c(CCl)c(Br)c(=O)c3cc(F)cc1c32. The molecule has 1 aliphatic heterocycles. The smallest absolute Gasteiger partial charge is 0.203 e. The Kier molecular flexibility index (Phi) is 4.08. The molecule has 0 N–H and O–H groups in total. The van der Waals surface area contributed by atoms with Gasteiger partial charge in [-0.15, -0.1) is 11.6 Å². The summed E-state index contributed by atoms with van der Waals surface area (Å²) in [5, 5.41) is 0.395. The van der Waals surface area contributed by atoms with Crippen LogP contribution in [-0.2, 0) is 17.2 Å². The van der Waals surface area contributed by atoms with Crippen molar-refractivity contribution >= 4 is 38.4 Å². The van der Waals surface area contributed by atoms with Gasteiger partial charge in [0.25, 0.3) is 0 Å². The van der Waals surface area contributed by atoms with E-state index >= 15 is 0 Å². The maximum Gasteiger partial charge on any atom is 0.203 e. The minimum absolute atomic E-state index is 0.0944. The Hall–Kier alpha value is -0.910. The molecule has 2 heterocycles. The molecule has 0 spiro atoms.